The molecule has 0 radical (unpaired) electrons. The molecule has 0 amide bonds. The smallest absolute Gasteiger partial charge is 0.319 e. The van der Waals surface area contributed by atoms with E-state index in [2.05, 4.69) is 9.88 Å². The number of benzene rings is 3. The number of phenolic OH excluding ortho intramolecular Hbond substituents is 1. The molecule has 236 valence electrons. The summed E-state index contributed by atoms with van der Waals surface area (Å²) in [5, 5.41) is 10.6. The summed E-state index contributed by atoms with van der Waals surface area (Å²) in [6.07, 6.45) is 3.65. The van der Waals surface area contributed by atoms with Crippen LogP contribution in [0.15, 0.2) is 30.3 Å². The number of hydrogen-bond donors (Lipinski definition) is 1. The Morgan fingerprint density at radius 2 is 1.87 bits per heavy atom. The number of rotatable bonds is 5. The minimum atomic E-state index is -1.03. The normalized spacial score (nSPS) is 26.6. The van der Waals surface area contributed by atoms with E-state index in [4.69, 9.17) is 26.1 Å². The number of aromatic hydroxyl groups is 1. The largest absolute Gasteiger partial charge is 0.508 e. The van der Waals surface area contributed by atoms with E-state index in [0.29, 0.717) is 43.9 Å². The first-order valence-electron chi connectivity index (χ1n) is 15.4. The molecule has 12 heteroatoms. The molecule has 1 spiro atoms. The molecule has 8 rings (SSSR count). The van der Waals surface area contributed by atoms with Gasteiger partial charge in [0.1, 0.15) is 41.5 Å². The Kier molecular flexibility index (Phi) is 6.82. The van der Waals surface area contributed by atoms with Crippen LogP contribution in [0.25, 0.3) is 32.8 Å². The fourth-order valence-corrected chi connectivity index (χ4v) is 8.20. The molecule has 3 aromatic carbocycles. The molecule has 3 atom stereocenters. The summed E-state index contributed by atoms with van der Waals surface area (Å²) in [6.45, 7) is 3.01. The molecule has 1 aromatic heterocycles. The van der Waals surface area contributed by atoms with Gasteiger partial charge in [0.15, 0.2) is 5.82 Å². The second-order valence-corrected chi connectivity index (χ2v) is 13.3. The number of alkyl halides is 1. The van der Waals surface area contributed by atoms with Crippen molar-refractivity contribution in [1.29, 1.82) is 0 Å². The van der Waals surface area contributed by atoms with Crippen LogP contribution in [-0.4, -0.2) is 76.7 Å². The number of halogens is 5. The molecular weight excluding hydrogens is 612 g/mol. The van der Waals surface area contributed by atoms with Gasteiger partial charge in [-0.15, -0.1) is 0 Å². The monoisotopic (exact) mass is 642 g/mol. The Balaban J connectivity index is 1.29. The van der Waals surface area contributed by atoms with Crippen LogP contribution in [0.2, 0.25) is 5.02 Å². The number of phenols is 1. The van der Waals surface area contributed by atoms with Crippen molar-refractivity contribution in [2.45, 2.75) is 55.8 Å². The lowest BCUT2D eigenvalue weighted by atomic mass is 9.85. The summed E-state index contributed by atoms with van der Waals surface area (Å²) >= 11 is 6.32. The summed E-state index contributed by atoms with van der Waals surface area (Å²) in [7, 11) is 0. The third-order valence-electron chi connectivity index (χ3n) is 10.1. The van der Waals surface area contributed by atoms with E-state index in [1.165, 1.54) is 18.2 Å². The molecule has 7 nitrogen and oxygen atoms in total. The second-order valence-electron chi connectivity index (χ2n) is 12.9. The lowest BCUT2D eigenvalue weighted by molar-refractivity contribution is -0.151. The van der Waals surface area contributed by atoms with E-state index in [0.717, 1.165) is 50.8 Å². The highest BCUT2D eigenvalue weighted by atomic mass is 35.5. The first kappa shape index (κ1) is 29.0. The van der Waals surface area contributed by atoms with Gasteiger partial charge in [0.25, 0.3) is 0 Å². The van der Waals surface area contributed by atoms with Crippen LogP contribution in [0.5, 0.6) is 11.8 Å². The number of ether oxygens (including phenoxy) is 2. The van der Waals surface area contributed by atoms with Crippen LogP contribution in [0, 0.1) is 17.5 Å². The van der Waals surface area contributed by atoms with Crippen LogP contribution in [0.4, 0.5) is 23.4 Å². The van der Waals surface area contributed by atoms with Crippen LogP contribution in [0.1, 0.15) is 38.5 Å². The van der Waals surface area contributed by atoms with Crippen molar-refractivity contribution in [3.05, 3.63) is 52.8 Å². The van der Waals surface area contributed by atoms with E-state index in [1.54, 1.807) is 0 Å². The van der Waals surface area contributed by atoms with Crippen LogP contribution in [0.3, 0.4) is 0 Å². The molecule has 4 aromatic rings. The third-order valence-corrected chi connectivity index (χ3v) is 10.5. The van der Waals surface area contributed by atoms with Crippen molar-refractivity contribution in [2.75, 3.05) is 44.3 Å². The van der Waals surface area contributed by atoms with Gasteiger partial charge in [-0.05, 0) is 61.9 Å². The maximum atomic E-state index is 16.8. The fourth-order valence-electron chi connectivity index (χ4n) is 7.93. The van der Waals surface area contributed by atoms with Gasteiger partial charge in [0.05, 0.1) is 28.3 Å². The first-order valence-corrected chi connectivity index (χ1v) is 15.7. The van der Waals surface area contributed by atoms with E-state index >= 15 is 8.78 Å². The van der Waals surface area contributed by atoms with Crippen molar-refractivity contribution in [2.24, 2.45) is 0 Å². The number of aromatic nitrogens is 2. The Bertz CT molecular complexity index is 1860. The maximum Gasteiger partial charge on any atom is 0.319 e. The molecular formula is C33H31ClF4N4O3. The average molecular weight is 643 g/mol. The number of hydrogen-bond acceptors (Lipinski definition) is 7. The molecule has 0 unspecified atom stereocenters. The highest BCUT2D eigenvalue weighted by Crippen LogP contribution is 2.45. The van der Waals surface area contributed by atoms with Gasteiger partial charge in [-0.1, -0.05) is 17.7 Å². The van der Waals surface area contributed by atoms with E-state index in [1.807, 2.05) is 4.90 Å². The average Bonchev–Trinajstić information content (AvgIpc) is 3.52. The summed E-state index contributed by atoms with van der Waals surface area (Å²) in [4.78, 5) is 13.2. The van der Waals surface area contributed by atoms with E-state index in [9.17, 15) is 13.9 Å². The predicted molar refractivity (Wildman–Crippen MR) is 162 cm³/mol. The van der Waals surface area contributed by atoms with Gasteiger partial charge < -0.3 is 19.5 Å². The topological polar surface area (TPSA) is 71.0 Å². The van der Waals surface area contributed by atoms with Crippen molar-refractivity contribution in [3.63, 3.8) is 0 Å². The minimum absolute atomic E-state index is 0.0555. The number of anilines is 1. The van der Waals surface area contributed by atoms with Crippen LogP contribution in [-0.2, 0) is 4.74 Å². The summed E-state index contributed by atoms with van der Waals surface area (Å²) in [6, 6.07) is 6.08. The van der Waals surface area contributed by atoms with Crippen LogP contribution < -0.4 is 9.64 Å². The van der Waals surface area contributed by atoms with Crippen molar-refractivity contribution >= 4 is 39.1 Å². The highest BCUT2D eigenvalue weighted by molar-refractivity contribution is 6.37. The Morgan fingerprint density at radius 3 is 2.67 bits per heavy atom. The molecule has 45 heavy (non-hydrogen) atoms. The molecule has 0 saturated carbocycles. The lowest BCUT2D eigenvalue weighted by Gasteiger charge is -2.48. The zero-order chi connectivity index (χ0) is 31.1. The number of fused-ring (bicyclic) bond motifs is 3. The van der Waals surface area contributed by atoms with Gasteiger partial charge in [-0.2, -0.15) is 9.97 Å². The maximum absolute atomic E-state index is 16.8. The van der Waals surface area contributed by atoms with Crippen LogP contribution >= 0.6 is 11.6 Å². The molecule has 5 heterocycles. The molecule has 0 bridgehead atoms. The van der Waals surface area contributed by atoms with Crippen molar-refractivity contribution in [3.8, 4) is 22.9 Å². The molecule has 4 aliphatic rings. The minimum Gasteiger partial charge on any atom is -0.508 e. The van der Waals surface area contributed by atoms with E-state index in [-0.39, 0.29) is 50.8 Å². The first-order chi connectivity index (χ1) is 21.7. The summed E-state index contributed by atoms with van der Waals surface area (Å²) in [5.41, 5.74) is -1.64. The fraction of sp³-hybridized carbons (Fsp3) is 0.455. The molecule has 4 aliphatic heterocycles. The summed E-state index contributed by atoms with van der Waals surface area (Å²) < 4.78 is 74.1. The Morgan fingerprint density at radius 1 is 1.04 bits per heavy atom. The predicted octanol–water partition coefficient (Wildman–Crippen LogP) is 6.94. The third kappa shape index (κ3) is 4.68. The zero-order valence-electron chi connectivity index (χ0n) is 24.4. The van der Waals surface area contributed by atoms with Crippen molar-refractivity contribution in [1.82, 2.24) is 14.9 Å². The van der Waals surface area contributed by atoms with Gasteiger partial charge in [0, 0.05) is 48.8 Å². The lowest BCUT2D eigenvalue weighted by Crippen LogP contribution is -2.56. The molecule has 4 fully saturated rings. The SMILES string of the molecule is Oc1cc(-c2c(F)cc3c(N4CCC[C@]5(CCO5)C4)nc(OC[C@@]45CCCN4C[C@H](F)C5)nc3c2F)c2c(Cl)c(F)ccc2c1. The molecule has 1 N–H and O–H groups in total. The number of nitrogens with zero attached hydrogens (tertiary/aromatic N) is 4. The van der Waals surface area contributed by atoms with Gasteiger partial charge >= 0.3 is 6.01 Å². The van der Waals surface area contributed by atoms with E-state index < -0.39 is 34.7 Å². The second kappa shape index (κ2) is 10.6. The zero-order valence-corrected chi connectivity index (χ0v) is 25.1. The highest BCUT2D eigenvalue weighted by Gasteiger charge is 2.49. The van der Waals surface area contributed by atoms with Gasteiger partial charge in [-0.25, -0.2) is 17.6 Å². The standard InChI is InChI=1S/C33H31ClF4N4O3/c34-27-23(36)4-3-18-11-20(43)12-21(25(18)27)26-24(37)13-22-29(28(26)38)39-31(44-17-32-5-1-9-42(32)15-19(35)14-32)40-30(22)41-8-2-6-33(16-41)7-10-45-33/h3-4,11-13,19,43H,1-2,5-10,14-17H2/t19-,32+,33+/m1/s1. The summed E-state index contributed by atoms with van der Waals surface area (Å²) in [5.74, 6) is -2.69. The molecule has 0 aliphatic carbocycles. The molecule has 4 saturated heterocycles. The quantitative estimate of drug-likeness (QED) is 0.237. The van der Waals surface area contributed by atoms with Gasteiger partial charge in [-0.3, -0.25) is 4.90 Å². The van der Waals surface area contributed by atoms with Gasteiger partial charge in [0.2, 0.25) is 0 Å². The van der Waals surface area contributed by atoms with Crippen molar-refractivity contribution < 1.29 is 32.1 Å². The Labute approximate surface area is 261 Å². The number of piperidine rings is 1. The Hall–Kier alpha value is -3.41.